The molecule has 0 bridgehead atoms. The summed E-state index contributed by atoms with van der Waals surface area (Å²) in [4.78, 5) is 16.1. The molecule has 1 N–H and O–H groups in total. The van der Waals surface area contributed by atoms with Gasteiger partial charge in [-0.05, 0) is 64.7 Å². The Hall–Kier alpha value is -4.27. The van der Waals surface area contributed by atoms with Crippen LogP contribution in [0.3, 0.4) is 0 Å². The third-order valence-electron chi connectivity index (χ3n) is 6.36. The van der Waals surface area contributed by atoms with Gasteiger partial charge in [-0.1, -0.05) is 71.7 Å². The van der Waals surface area contributed by atoms with Crippen molar-refractivity contribution in [3.05, 3.63) is 130 Å². The molecular formula is C31H21Cl2F3N2O3. The maximum atomic E-state index is 12.5. The molecule has 10 heteroatoms. The second-order valence-corrected chi connectivity index (χ2v) is 10.1. The third kappa shape index (κ3) is 7.09. The molecule has 0 saturated carbocycles. The van der Waals surface area contributed by atoms with E-state index in [0.29, 0.717) is 28.7 Å². The van der Waals surface area contributed by atoms with Crippen molar-refractivity contribution in [3.63, 3.8) is 0 Å². The first-order valence-corrected chi connectivity index (χ1v) is 13.1. The minimum Gasteiger partial charge on any atom is -0.478 e. The Kier molecular flexibility index (Phi) is 8.06. The van der Waals surface area contributed by atoms with Crippen LogP contribution in [0, 0.1) is 0 Å². The molecule has 0 saturated heterocycles. The largest absolute Gasteiger partial charge is 0.573 e. The quantitative estimate of drug-likeness (QED) is 0.194. The van der Waals surface area contributed by atoms with E-state index in [1.165, 1.54) is 12.1 Å². The molecule has 0 spiro atoms. The van der Waals surface area contributed by atoms with Crippen LogP contribution in [0.25, 0.3) is 22.4 Å². The number of hydrogen-bond donors (Lipinski definition) is 1. The topological polar surface area (TPSA) is 64.3 Å². The number of carbonyl (C=O) groups is 1. The zero-order chi connectivity index (χ0) is 29.1. The average Bonchev–Trinajstić information content (AvgIpc) is 3.30. The lowest BCUT2D eigenvalue weighted by molar-refractivity contribution is -0.274. The van der Waals surface area contributed by atoms with E-state index in [-0.39, 0.29) is 11.3 Å². The smallest absolute Gasteiger partial charge is 0.478 e. The van der Waals surface area contributed by atoms with E-state index >= 15 is 0 Å². The van der Waals surface area contributed by atoms with Crippen LogP contribution < -0.4 is 4.74 Å². The molecule has 0 radical (unpaired) electrons. The fourth-order valence-electron chi connectivity index (χ4n) is 4.36. The van der Waals surface area contributed by atoms with Gasteiger partial charge in [0.1, 0.15) is 11.6 Å². The number of carboxylic acids is 1. The molecule has 5 aromatic rings. The highest BCUT2D eigenvalue weighted by Crippen LogP contribution is 2.31. The highest BCUT2D eigenvalue weighted by atomic mass is 35.5. The number of halogens is 5. The monoisotopic (exact) mass is 596 g/mol. The van der Waals surface area contributed by atoms with E-state index in [2.05, 4.69) is 4.74 Å². The van der Waals surface area contributed by atoms with Gasteiger partial charge in [0.2, 0.25) is 0 Å². The molecule has 1 heterocycles. The first-order chi connectivity index (χ1) is 19.5. The molecule has 0 fully saturated rings. The number of rotatable bonds is 8. The molecule has 0 aliphatic rings. The summed E-state index contributed by atoms with van der Waals surface area (Å²) in [6.45, 7) is 0.456. The van der Waals surface area contributed by atoms with Crippen molar-refractivity contribution >= 4 is 29.2 Å². The van der Waals surface area contributed by atoms with Crippen LogP contribution >= 0.6 is 23.2 Å². The van der Waals surface area contributed by atoms with E-state index in [0.717, 1.165) is 33.6 Å². The molecule has 0 amide bonds. The molecule has 4 aromatic carbocycles. The molecule has 0 aliphatic carbocycles. The summed E-state index contributed by atoms with van der Waals surface area (Å²) in [7, 11) is 0. The highest BCUT2D eigenvalue weighted by Gasteiger charge is 2.31. The predicted molar refractivity (Wildman–Crippen MR) is 152 cm³/mol. The van der Waals surface area contributed by atoms with E-state index in [9.17, 15) is 23.1 Å². The Morgan fingerprint density at radius 3 is 2.05 bits per heavy atom. The van der Waals surface area contributed by atoms with Crippen LogP contribution in [-0.4, -0.2) is 27.0 Å². The first kappa shape index (κ1) is 28.3. The van der Waals surface area contributed by atoms with Gasteiger partial charge in [-0.2, -0.15) is 0 Å². The van der Waals surface area contributed by atoms with Crippen LogP contribution in [-0.2, 0) is 13.0 Å². The van der Waals surface area contributed by atoms with Gasteiger partial charge in [-0.3, -0.25) is 0 Å². The van der Waals surface area contributed by atoms with Gasteiger partial charge in [0.15, 0.2) is 0 Å². The summed E-state index contributed by atoms with van der Waals surface area (Å²) in [5, 5.41) is 10.2. The van der Waals surface area contributed by atoms with E-state index < -0.39 is 12.3 Å². The van der Waals surface area contributed by atoms with Gasteiger partial charge in [0.25, 0.3) is 0 Å². The molecule has 0 aliphatic heterocycles. The third-order valence-corrected chi connectivity index (χ3v) is 6.91. The van der Waals surface area contributed by atoms with Crippen molar-refractivity contribution in [3.8, 4) is 28.1 Å². The number of aromatic carboxylic acids is 1. The number of carboxylic acid groups (broad SMARTS) is 1. The normalized spacial score (nSPS) is 11.4. The Morgan fingerprint density at radius 2 is 1.46 bits per heavy atom. The summed E-state index contributed by atoms with van der Waals surface area (Å²) in [6, 6.07) is 25.2. The Morgan fingerprint density at radius 1 is 0.854 bits per heavy atom. The number of nitrogens with zero attached hydrogens (tertiary/aromatic N) is 2. The molecule has 41 heavy (non-hydrogen) atoms. The van der Waals surface area contributed by atoms with Crippen molar-refractivity contribution in [2.24, 2.45) is 0 Å². The molecule has 5 rings (SSSR count). The zero-order valence-electron chi connectivity index (χ0n) is 21.2. The minimum atomic E-state index is -4.74. The molecular weight excluding hydrogens is 576 g/mol. The molecule has 208 valence electrons. The fraction of sp³-hybridized carbons (Fsp3) is 0.0968. The van der Waals surface area contributed by atoms with Crippen molar-refractivity contribution < 1.29 is 27.8 Å². The second-order valence-electron chi connectivity index (χ2n) is 9.24. The van der Waals surface area contributed by atoms with Crippen molar-refractivity contribution in [2.75, 3.05) is 0 Å². The maximum Gasteiger partial charge on any atom is 0.573 e. The van der Waals surface area contributed by atoms with Crippen molar-refractivity contribution in [1.29, 1.82) is 0 Å². The standard InChI is InChI=1S/C31H21Cl2F3N2O3/c32-24-11-14-26(27(33)16-24)28-18-38(17-20-3-7-23(8-4-20)30(39)40)29(37-28)15-19-1-5-21(6-2-19)22-9-12-25(13-10-22)41-31(34,35)36/h1-14,16,18H,15,17H2,(H,39,40). The number of aromatic nitrogens is 2. The van der Waals surface area contributed by atoms with E-state index in [4.69, 9.17) is 28.2 Å². The zero-order valence-corrected chi connectivity index (χ0v) is 22.7. The lowest BCUT2D eigenvalue weighted by atomic mass is 10.0. The molecule has 0 atom stereocenters. The molecule has 1 aromatic heterocycles. The van der Waals surface area contributed by atoms with Crippen LogP contribution in [0.15, 0.2) is 97.2 Å². The number of ether oxygens (including phenoxy) is 1. The lowest BCUT2D eigenvalue weighted by Gasteiger charge is -2.10. The summed E-state index contributed by atoms with van der Waals surface area (Å²) >= 11 is 12.5. The van der Waals surface area contributed by atoms with Crippen molar-refractivity contribution in [2.45, 2.75) is 19.3 Å². The van der Waals surface area contributed by atoms with Gasteiger partial charge in [0, 0.05) is 29.7 Å². The number of benzene rings is 4. The van der Waals surface area contributed by atoms with Crippen LogP contribution in [0.4, 0.5) is 13.2 Å². The van der Waals surface area contributed by atoms with Gasteiger partial charge >= 0.3 is 12.3 Å². The summed E-state index contributed by atoms with van der Waals surface area (Å²) in [6.07, 6.45) is -2.36. The molecule has 0 unspecified atom stereocenters. The first-order valence-electron chi connectivity index (χ1n) is 12.3. The molecule has 5 nitrogen and oxygen atoms in total. The van der Waals surface area contributed by atoms with Gasteiger partial charge in [0.05, 0.1) is 16.3 Å². The maximum absolute atomic E-state index is 12.5. The Balaban J connectivity index is 1.41. The second kappa shape index (κ2) is 11.7. The predicted octanol–water partition coefficient (Wildman–Crippen LogP) is 8.76. The Labute approximate surface area is 243 Å². The van der Waals surface area contributed by atoms with Crippen LogP contribution in [0.1, 0.15) is 27.3 Å². The number of hydrogen-bond acceptors (Lipinski definition) is 3. The minimum absolute atomic E-state index is 0.204. The average molecular weight is 597 g/mol. The summed E-state index contributed by atoms with van der Waals surface area (Å²) in [5.74, 6) is -0.512. The van der Waals surface area contributed by atoms with E-state index in [1.54, 1.807) is 48.5 Å². The fourth-order valence-corrected chi connectivity index (χ4v) is 4.86. The highest BCUT2D eigenvalue weighted by molar-refractivity contribution is 6.36. The van der Waals surface area contributed by atoms with E-state index in [1.807, 2.05) is 41.1 Å². The number of imidazole rings is 1. The SMILES string of the molecule is O=C(O)c1ccc(Cn2cc(-c3ccc(Cl)cc3Cl)nc2Cc2ccc(-c3ccc(OC(F)(F)F)cc3)cc2)cc1. The number of alkyl halides is 3. The Bertz CT molecular complexity index is 1680. The van der Waals surface area contributed by atoms with Gasteiger partial charge in [-0.25, -0.2) is 9.78 Å². The van der Waals surface area contributed by atoms with Gasteiger partial charge < -0.3 is 14.4 Å². The van der Waals surface area contributed by atoms with Crippen molar-refractivity contribution in [1.82, 2.24) is 9.55 Å². The lowest BCUT2D eigenvalue weighted by Crippen LogP contribution is -2.16. The summed E-state index contributed by atoms with van der Waals surface area (Å²) in [5.41, 5.74) is 5.05. The van der Waals surface area contributed by atoms with Crippen LogP contribution in [0.2, 0.25) is 10.0 Å². The summed E-state index contributed by atoms with van der Waals surface area (Å²) < 4.78 is 43.3. The van der Waals surface area contributed by atoms with Gasteiger partial charge in [-0.15, -0.1) is 13.2 Å². The van der Waals surface area contributed by atoms with Crippen LogP contribution in [0.5, 0.6) is 5.75 Å².